The Bertz CT molecular complexity index is 2060. The van der Waals surface area contributed by atoms with Gasteiger partial charge in [0.2, 0.25) is 0 Å². The van der Waals surface area contributed by atoms with Crippen molar-refractivity contribution in [3.05, 3.63) is 156 Å². The molecule has 2 heteroatoms. The molecule has 2 unspecified atom stereocenters. The largest absolute Gasteiger partial charge is 0.293 e. The van der Waals surface area contributed by atoms with E-state index in [1.54, 1.807) is 0 Å². The summed E-state index contributed by atoms with van der Waals surface area (Å²) in [6, 6.07) is 26.5. The van der Waals surface area contributed by atoms with E-state index in [0.29, 0.717) is 0 Å². The smallest absolute Gasteiger partial charge is 0.145 e. The lowest BCUT2D eigenvalue weighted by atomic mass is 9.77. The van der Waals surface area contributed by atoms with Gasteiger partial charge in [0.05, 0.1) is 11.4 Å². The molecule has 0 aliphatic heterocycles. The van der Waals surface area contributed by atoms with Gasteiger partial charge in [0.15, 0.2) is 0 Å². The van der Waals surface area contributed by atoms with E-state index in [2.05, 4.69) is 147 Å². The molecule has 4 aromatic carbocycles. The molecule has 2 aliphatic rings. The summed E-state index contributed by atoms with van der Waals surface area (Å²) in [6.45, 7) is 10.6. The Balaban J connectivity index is 1.40. The molecule has 0 bridgehead atoms. The van der Waals surface area contributed by atoms with Crippen LogP contribution in [0.3, 0.4) is 0 Å². The van der Waals surface area contributed by atoms with Gasteiger partial charge >= 0.3 is 0 Å². The van der Waals surface area contributed by atoms with E-state index >= 15 is 0 Å². The molecule has 1 aromatic heterocycles. The maximum absolute atomic E-state index is 5.16. The second kappa shape index (κ2) is 11.6. The van der Waals surface area contributed by atoms with Crippen LogP contribution >= 0.6 is 0 Å². The molecule has 0 N–H and O–H groups in total. The molecule has 2 aliphatic carbocycles. The highest BCUT2D eigenvalue weighted by Gasteiger charge is 2.27. The van der Waals surface area contributed by atoms with Crippen molar-refractivity contribution in [2.24, 2.45) is 5.92 Å². The number of hydrogen-bond acceptors (Lipinski definition) is 1. The average molecular weight is 571 g/mol. The molecular formula is C42H38N2. The van der Waals surface area contributed by atoms with Gasteiger partial charge in [-0.2, -0.15) is 0 Å². The number of fused-ring (bicyclic) bond motifs is 3. The summed E-state index contributed by atoms with van der Waals surface area (Å²) in [4.78, 5) is 5.16. The van der Waals surface area contributed by atoms with Crippen LogP contribution in [-0.4, -0.2) is 9.55 Å². The number of aromatic nitrogens is 2. The Morgan fingerprint density at radius 1 is 0.909 bits per heavy atom. The third-order valence-electron chi connectivity index (χ3n) is 9.12. The van der Waals surface area contributed by atoms with Gasteiger partial charge in [-0.1, -0.05) is 134 Å². The highest BCUT2D eigenvalue weighted by atomic mass is 15.1. The van der Waals surface area contributed by atoms with Crippen molar-refractivity contribution < 1.29 is 0 Å². The molecule has 44 heavy (non-hydrogen) atoms. The van der Waals surface area contributed by atoms with Crippen molar-refractivity contribution in [1.29, 1.82) is 0 Å². The zero-order valence-electron chi connectivity index (χ0n) is 25.8. The third kappa shape index (κ3) is 4.81. The van der Waals surface area contributed by atoms with Crippen LogP contribution in [0.1, 0.15) is 54.3 Å². The van der Waals surface area contributed by atoms with Gasteiger partial charge in [-0.05, 0) is 83.0 Å². The van der Waals surface area contributed by atoms with Crippen LogP contribution in [0.4, 0.5) is 0 Å². The molecule has 0 fully saturated rings. The zero-order valence-corrected chi connectivity index (χ0v) is 25.8. The van der Waals surface area contributed by atoms with E-state index in [4.69, 9.17) is 4.98 Å². The molecule has 216 valence electrons. The quantitative estimate of drug-likeness (QED) is 0.147. The first-order chi connectivity index (χ1) is 21.5. The summed E-state index contributed by atoms with van der Waals surface area (Å²) in [6.07, 6.45) is 21.9. The Morgan fingerprint density at radius 2 is 1.68 bits per heavy atom. The maximum Gasteiger partial charge on any atom is 0.145 e. The van der Waals surface area contributed by atoms with Crippen LogP contribution in [0, 0.1) is 12.8 Å². The van der Waals surface area contributed by atoms with Gasteiger partial charge in [-0.25, -0.2) is 4.98 Å². The molecule has 2 atom stereocenters. The van der Waals surface area contributed by atoms with Crippen molar-refractivity contribution in [2.45, 2.75) is 39.5 Å². The van der Waals surface area contributed by atoms with Gasteiger partial charge in [-0.3, -0.25) is 4.57 Å². The van der Waals surface area contributed by atoms with Crippen LogP contribution < -0.4 is 0 Å². The first kappa shape index (κ1) is 27.9. The summed E-state index contributed by atoms with van der Waals surface area (Å²) in [5, 5.41) is 5.27. The number of allylic oxidation sites excluding steroid dienone is 10. The number of benzene rings is 4. The molecule has 5 aromatic rings. The molecule has 7 rings (SSSR count). The van der Waals surface area contributed by atoms with Crippen LogP contribution in [0.5, 0.6) is 0 Å². The van der Waals surface area contributed by atoms with Gasteiger partial charge < -0.3 is 0 Å². The highest BCUT2D eigenvalue weighted by molar-refractivity contribution is 6.12. The minimum absolute atomic E-state index is 0.238. The second-order valence-electron chi connectivity index (χ2n) is 12.1. The molecular weight excluding hydrogens is 532 g/mol. The molecule has 0 radical (unpaired) electrons. The molecule has 1 heterocycles. The predicted molar refractivity (Wildman–Crippen MR) is 190 cm³/mol. The molecule has 0 amide bonds. The van der Waals surface area contributed by atoms with Gasteiger partial charge in [-0.15, -0.1) is 0 Å². The lowest BCUT2D eigenvalue weighted by Gasteiger charge is -2.28. The van der Waals surface area contributed by atoms with Crippen molar-refractivity contribution in [2.75, 3.05) is 0 Å². The summed E-state index contributed by atoms with van der Waals surface area (Å²) >= 11 is 0. The van der Waals surface area contributed by atoms with Crippen molar-refractivity contribution in [1.82, 2.24) is 9.55 Å². The van der Waals surface area contributed by atoms with Crippen molar-refractivity contribution >= 4 is 38.9 Å². The van der Waals surface area contributed by atoms with Crippen molar-refractivity contribution in [3.8, 4) is 11.4 Å². The summed E-state index contributed by atoms with van der Waals surface area (Å²) in [7, 11) is 0. The monoisotopic (exact) mass is 570 g/mol. The van der Waals surface area contributed by atoms with E-state index in [1.807, 2.05) is 12.2 Å². The minimum Gasteiger partial charge on any atom is -0.293 e. The highest BCUT2D eigenvalue weighted by Crippen LogP contribution is 2.45. The number of hydrogen-bond donors (Lipinski definition) is 0. The first-order valence-electron chi connectivity index (χ1n) is 15.7. The van der Waals surface area contributed by atoms with Gasteiger partial charge in [0.1, 0.15) is 5.82 Å². The fourth-order valence-electron chi connectivity index (χ4n) is 7.08. The summed E-state index contributed by atoms with van der Waals surface area (Å²) in [5.74, 6) is 1.55. The minimum atomic E-state index is 0.238. The average Bonchev–Trinajstić information content (AvgIpc) is 3.44. The van der Waals surface area contributed by atoms with E-state index in [1.165, 1.54) is 60.9 Å². The van der Waals surface area contributed by atoms with E-state index in [-0.39, 0.29) is 11.8 Å². The van der Waals surface area contributed by atoms with Crippen LogP contribution in [0.15, 0.2) is 128 Å². The topological polar surface area (TPSA) is 17.8 Å². The fourth-order valence-corrected chi connectivity index (χ4v) is 7.08. The Hall–Kier alpha value is -4.95. The van der Waals surface area contributed by atoms with Gasteiger partial charge in [0, 0.05) is 17.2 Å². The van der Waals surface area contributed by atoms with Crippen LogP contribution in [0.25, 0.3) is 50.3 Å². The van der Waals surface area contributed by atoms with E-state index < -0.39 is 0 Å². The predicted octanol–water partition coefficient (Wildman–Crippen LogP) is 11.1. The summed E-state index contributed by atoms with van der Waals surface area (Å²) in [5.41, 5.74) is 9.98. The van der Waals surface area contributed by atoms with E-state index in [9.17, 15) is 0 Å². The number of rotatable bonds is 6. The van der Waals surface area contributed by atoms with Crippen LogP contribution in [0.2, 0.25) is 0 Å². The third-order valence-corrected chi connectivity index (χ3v) is 9.12. The van der Waals surface area contributed by atoms with Crippen LogP contribution in [-0.2, 0) is 6.42 Å². The molecule has 2 nitrogen and oxygen atoms in total. The Kier molecular flexibility index (Phi) is 7.36. The molecule has 0 saturated heterocycles. The normalized spacial score (nSPS) is 18.2. The standard InChI is InChI=1S/C42H38N2/c1-5-6-8-15-29(3)40-34-18-11-12-19-35(34)41(37-26-28(2)22-24-36(37)40)33-25-23-32(27-30(33)4)44-39-21-14-13-20-38(39)43-42(44)31-16-9-7-10-17-31/h5-12,14-19,21-27,30,33H,1,13,20H2,2-4H3/b8-6-,29-15+. The Morgan fingerprint density at radius 3 is 2.48 bits per heavy atom. The zero-order chi connectivity index (χ0) is 30.2. The summed E-state index contributed by atoms with van der Waals surface area (Å²) < 4.78 is 2.37. The Labute approximate surface area is 260 Å². The molecule has 0 saturated carbocycles. The maximum atomic E-state index is 5.16. The lowest BCUT2D eigenvalue weighted by molar-refractivity contribution is 0.641. The number of imidazole rings is 1. The number of aryl methyl sites for hydroxylation is 2. The second-order valence-corrected chi connectivity index (χ2v) is 12.1. The fraction of sp³-hybridized carbons (Fsp3) is 0.167. The molecule has 0 spiro atoms. The first-order valence-corrected chi connectivity index (χ1v) is 15.7. The number of nitrogens with zero attached hydrogens (tertiary/aromatic N) is 2. The van der Waals surface area contributed by atoms with E-state index in [0.717, 1.165) is 24.2 Å². The SMILES string of the molecule is C=C/C=C\C=C(/C)c1c2ccccc2c(C2C=CC(n3c(-c4ccccc4)nc4c3C=CCC4)=CC2C)c2cc(C)ccc12. The van der Waals surface area contributed by atoms with Gasteiger partial charge in [0.25, 0.3) is 0 Å². The van der Waals surface area contributed by atoms with Crippen molar-refractivity contribution in [3.63, 3.8) is 0 Å². The lowest BCUT2D eigenvalue weighted by Crippen LogP contribution is -2.14.